The Kier molecular flexibility index (Phi) is 26.5. The molecule has 0 fully saturated rings. The smallest absolute Gasteiger partial charge is 0.324 e. The summed E-state index contributed by atoms with van der Waals surface area (Å²) in [5.74, 6) is 0. The molecule has 476 valence electrons. The lowest BCUT2D eigenvalue weighted by molar-refractivity contribution is -0.138. The lowest BCUT2D eigenvalue weighted by Crippen LogP contribution is -2.20. The number of rotatable bonds is 16. The van der Waals surface area contributed by atoms with Crippen LogP contribution in [0.1, 0.15) is 119 Å². The van der Waals surface area contributed by atoms with Crippen molar-refractivity contribution in [2.75, 3.05) is 6.54 Å². The molecule has 3 N–H and O–H groups in total. The summed E-state index contributed by atoms with van der Waals surface area (Å²) >= 11 is 0. The van der Waals surface area contributed by atoms with Crippen molar-refractivity contribution in [1.82, 2.24) is 5.32 Å². The van der Waals surface area contributed by atoms with Crippen LogP contribution in [0.2, 0.25) is 0 Å². The zero-order chi connectivity index (χ0) is 66.2. The molecule has 0 heterocycles. The van der Waals surface area contributed by atoms with E-state index in [2.05, 4.69) is 109 Å². The lowest BCUT2D eigenvalue weighted by atomic mass is 9.99. The SMILES string of the molecule is C=Cc1cccc(C(F)(F)F)c1.CC(N)c1cccc2ccccc12.CC(N=CCCc1cccc(C(F)(F)F)c1)c1cccc2ccccc12.CC(NCCCc1cccc(C(F)(F)F)c1)c1cccc2ccccc12.O=CCCc1cccc(C(F)(F)F)c1. The van der Waals surface area contributed by atoms with E-state index in [0.29, 0.717) is 48.7 Å². The number of aliphatic imine (C=N–C) groups is 1. The molecular weight excluding hydrogens is 1190 g/mol. The molecule has 0 saturated heterocycles. The zero-order valence-corrected chi connectivity index (χ0v) is 50.5. The van der Waals surface area contributed by atoms with E-state index in [1.807, 2.05) is 62.5 Å². The molecule has 16 heteroatoms. The third kappa shape index (κ3) is 22.5. The van der Waals surface area contributed by atoms with E-state index < -0.39 is 47.0 Å². The van der Waals surface area contributed by atoms with E-state index in [9.17, 15) is 57.5 Å². The Bertz CT molecular complexity index is 3930. The number of benzene rings is 10. The van der Waals surface area contributed by atoms with Crippen molar-refractivity contribution in [3.05, 3.63) is 292 Å². The largest absolute Gasteiger partial charge is 0.416 e. The summed E-state index contributed by atoms with van der Waals surface area (Å²) < 4.78 is 149. The van der Waals surface area contributed by atoms with Gasteiger partial charge in [0.1, 0.15) is 6.29 Å². The maximum Gasteiger partial charge on any atom is 0.416 e. The highest BCUT2D eigenvalue weighted by Crippen LogP contribution is 2.34. The molecule has 0 aromatic heterocycles. The fourth-order valence-corrected chi connectivity index (χ4v) is 9.93. The maximum atomic E-state index is 12.8. The van der Waals surface area contributed by atoms with Crippen molar-refractivity contribution in [3.8, 4) is 0 Å². The highest BCUT2D eigenvalue weighted by molar-refractivity contribution is 5.87. The molecule has 0 saturated carbocycles. The van der Waals surface area contributed by atoms with Gasteiger partial charge in [-0.15, -0.1) is 0 Å². The molecule has 10 rings (SSSR count). The molecule has 4 nitrogen and oxygen atoms in total. The van der Waals surface area contributed by atoms with Gasteiger partial charge in [-0.2, -0.15) is 52.7 Å². The number of nitrogens with zero attached hydrogens (tertiary/aromatic N) is 1. The Hall–Kier alpha value is -8.86. The van der Waals surface area contributed by atoms with E-state index in [0.717, 1.165) is 60.5 Å². The fourth-order valence-electron chi connectivity index (χ4n) is 9.93. The van der Waals surface area contributed by atoms with Crippen molar-refractivity contribution in [2.45, 2.75) is 102 Å². The number of hydrogen-bond acceptors (Lipinski definition) is 4. The lowest BCUT2D eigenvalue weighted by Gasteiger charge is -2.17. The second-order valence-electron chi connectivity index (χ2n) is 21.4. The van der Waals surface area contributed by atoms with Gasteiger partial charge < -0.3 is 15.8 Å². The van der Waals surface area contributed by atoms with Crippen LogP contribution in [0.5, 0.6) is 0 Å². The third-order valence-corrected chi connectivity index (χ3v) is 14.6. The van der Waals surface area contributed by atoms with Crippen LogP contribution >= 0.6 is 0 Å². The molecule has 0 aliphatic rings. The van der Waals surface area contributed by atoms with Gasteiger partial charge in [0.15, 0.2) is 0 Å². The zero-order valence-electron chi connectivity index (χ0n) is 50.5. The quantitative estimate of drug-likeness (QED) is 0.0438. The van der Waals surface area contributed by atoms with Crippen LogP contribution in [-0.4, -0.2) is 19.0 Å². The summed E-state index contributed by atoms with van der Waals surface area (Å²) in [6, 6.07) is 64.9. The summed E-state index contributed by atoms with van der Waals surface area (Å²) in [6.45, 7) is 10.3. The van der Waals surface area contributed by atoms with Gasteiger partial charge in [-0.05, 0) is 167 Å². The van der Waals surface area contributed by atoms with E-state index >= 15 is 0 Å². The van der Waals surface area contributed by atoms with Crippen LogP contribution < -0.4 is 11.1 Å². The van der Waals surface area contributed by atoms with Crippen LogP contribution in [0.15, 0.2) is 236 Å². The first-order valence-electron chi connectivity index (χ1n) is 29.4. The molecule has 3 atom stereocenters. The van der Waals surface area contributed by atoms with Crippen LogP contribution in [-0.2, 0) is 48.8 Å². The number of halogens is 12. The second kappa shape index (κ2) is 33.8. The van der Waals surface area contributed by atoms with Gasteiger partial charge in [-0.1, -0.05) is 207 Å². The number of carbonyl (C=O) groups is 1. The van der Waals surface area contributed by atoms with E-state index in [-0.39, 0.29) is 24.5 Å². The minimum Gasteiger partial charge on any atom is -0.324 e. The van der Waals surface area contributed by atoms with Crippen LogP contribution in [0.25, 0.3) is 38.4 Å². The van der Waals surface area contributed by atoms with Gasteiger partial charge in [0.2, 0.25) is 0 Å². The Morgan fingerprint density at radius 3 is 1.24 bits per heavy atom. The molecule has 3 unspecified atom stereocenters. The van der Waals surface area contributed by atoms with Gasteiger partial charge in [0.05, 0.1) is 28.3 Å². The number of carbonyl (C=O) groups excluding carboxylic acids is 1. The first-order valence-corrected chi connectivity index (χ1v) is 29.4. The summed E-state index contributed by atoms with van der Waals surface area (Å²) in [5, 5.41) is 10.8. The molecule has 0 aliphatic carbocycles. The third-order valence-electron chi connectivity index (χ3n) is 14.6. The van der Waals surface area contributed by atoms with E-state index in [1.165, 1.54) is 85.9 Å². The molecule has 10 aromatic rings. The first-order chi connectivity index (χ1) is 43.3. The van der Waals surface area contributed by atoms with E-state index in [1.54, 1.807) is 24.3 Å². The highest BCUT2D eigenvalue weighted by atomic mass is 19.4. The van der Waals surface area contributed by atoms with Gasteiger partial charge >= 0.3 is 24.7 Å². The van der Waals surface area contributed by atoms with Gasteiger partial charge in [0, 0.05) is 18.5 Å². The molecule has 0 spiro atoms. The van der Waals surface area contributed by atoms with Crippen molar-refractivity contribution in [2.24, 2.45) is 10.7 Å². The van der Waals surface area contributed by atoms with Crippen LogP contribution in [0.4, 0.5) is 52.7 Å². The first kappa shape index (κ1) is 71.2. The predicted octanol–water partition coefficient (Wildman–Crippen LogP) is 21.8. The average molecular weight is 1260 g/mol. The van der Waals surface area contributed by atoms with Crippen molar-refractivity contribution < 1.29 is 57.5 Å². The van der Waals surface area contributed by atoms with Crippen molar-refractivity contribution in [1.29, 1.82) is 0 Å². The predicted molar refractivity (Wildman–Crippen MR) is 345 cm³/mol. The van der Waals surface area contributed by atoms with Crippen LogP contribution in [0.3, 0.4) is 0 Å². The van der Waals surface area contributed by atoms with Crippen molar-refractivity contribution >= 4 is 50.9 Å². The van der Waals surface area contributed by atoms with Gasteiger partial charge in [0.25, 0.3) is 0 Å². The number of nitrogens with one attached hydrogen (secondary N) is 1. The molecule has 10 aromatic carbocycles. The van der Waals surface area contributed by atoms with Crippen LogP contribution in [0, 0.1) is 0 Å². The Morgan fingerprint density at radius 1 is 0.440 bits per heavy atom. The summed E-state index contributed by atoms with van der Waals surface area (Å²) in [4.78, 5) is 14.6. The number of fused-ring (bicyclic) bond motifs is 3. The minimum absolute atomic E-state index is 0.00242. The van der Waals surface area contributed by atoms with E-state index in [4.69, 9.17) is 5.73 Å². The monoisotopic (exact) mass is 1260 g/mol. The summed E-state index contributed by atoms with van der Waals surface area (Å²) in [7, 11) is 0. The number of hydrogen-bond donors (Lipinski definition) is 2. The van der Waals surface area contributed by atoms with Crippen molar-refractivity contribution in [3.63, 3.8) is 0 Å². The highest BCUT2D eigenvalue weighted by Gasteiger charge is 2.32. The number of aldehydes is 1. The molecule has 0 radical (unpaired) electrons. The fraction of sp³-hybridized carbons (Fsp3) is 0.227. The Labute approximate surface area is 523 Å². The molecule has 0 aliphatic heterocycles. The minimum atomic E-state index is -4.31. The summed E-state index contributed by atoms with van der Waals surface area (Å²) in [6.07, 6.45) is -10.1. The van der Waals surface area contributed by atoms with Gasteiger partial charge in [-0.3, -0.25) is 4.99 Å². The van der Waals surface area contributed by atoms with Gasteiger partial charge in [-0.25, -0.2) is 0 Å². The normalized spacial score (nSPS) is 12.7. The topological polar surface area (TPSA) is 67.5 Å². The number of alkyl halides is 12. The average Bonchev–Trinajstić information content (AvgIpc) is 1.50. The molecular formula is C75H71F12N3O. The standard InChI is InChI=1S/C22H22F3N.C22H20F3N.C12H13N.C10H9F3O.C9H7F3/c2*1-16(20-13-5-10-18-9-2-3-12-21(18)20)26-14-6-8-17-7-4-11-19(15-17)22(23,24)25;1-9(13)11-8-4-6-10-5-2-3-7-12(10)11;11-10(12,13)9-5-1-3-8(7-9)4-2-6-14;1-2-7-4-3-5-8(6-7)9(10,11)12/h2-5,7,9-13,15-16,26H,6,8,14H2,1H3;2-5,7,9-16H,6,8H2,1H3;2-9H,13H2,1H3;1,3,5-7H,2,4H2;2-6H,1H2. The molecule has 91 heavy (non-hydrogen) atoms. The molecule has 0 amide bonds. The Morgan fingerprint density at radius 2 is 0.802 bits per heavy atom. The number of aryl methyl sites for hydroxylation is 3. The summed E-state index contributed by atoms with van der Waals surface area (Å²) in [5.41, 5.74) is 9.41. The number of nitrogens with two attached hydrogens (primary N) is 1. The second-order valence-corrected chi connectivity index (χ2v) is 21.4. The molecule has 0 bridgehead atoms. The maximum absolute atomic E-state index is 12.8. The Balaban J connectivity index is 0.000000189.